The Balaban J connectivity index is 3.21. The van der Waals surface area contributed by atoms with E-state index in [0.717, 1.165) is 0 Å². The molecule has 1 rings (SSSR count). The van der Waals surface area contributed by atoms with Crippen LogP contribution in [0.5, 0.6) is 11.5 Å². The second-order valence-electron chi connectivity index (χ2n) is 3.56. The van der Waals surface area contributed by atoms with Gasteiger partial charge < -0.3 is 20.7 Å². The first-order chi connectivity index (χ1) is 8.18. The molecule has 102 valence electrons. The number of rotatable bonds is 3. The van der Waals surface area contributed by atoms with E-state index in [-0.39, 0.29) is 11.3 Å². The van der Waals surface area contributed by atoms with E-state index in [2.05, 4.69) is 15.9 Å². The number of aromatic hydroxyl groups is 1. The number of benzene rings is 1. The van der Waals surface area contributed by atoms with E-state index in [1.165, 1.54) is 19.2 Å². The number of aliphatic hydroxyl groups excluding tert-OH is 1. The van der Waals surface area contributed by atoms with Gasteiger partial charge in [0.2, 0.25) is 0 Å². The van der Waals surface area contributed by atoms with Gasteiger partial charge in [-0.25, -0.2) is 0 Å². The molecule has 0 radical (unpaired) electrons. The van der Waals surface area contributed by atoms with Gasteiger partial charge in [0.05, 0.1) is 13.2 Å². The predicted octanol–water partition coefficient (Wildman–Crippen LogP) is 2.09. The van der Waals surface area contributed by atoms with Gasteiger partial charge in [-0.05, 0) is 12.1 Å². The van der Waals surface area contributed by atoms with Crippen LogP contribution in [0.4, 0.5) is 13.2 Å². The van der Waals surface area contributed by atoms with Gasteiger partial charge >= 0.3 is 6.18 Å². The summed E-state index contributed by atoms with van der Waals surface area (Å²) in [6.07, 6.45) is -7.65. The maximum absolute atomic E-state index is 12.3. The average molecular weight is 330 g/mol. The molecule has 0 saturated carbocycles. The SMILES string of the molecule is COc1cc(Br)cc([C@H](N)[C@H](O)C(F)(F)F)c1O. The summed E-state index contributed by atoms with van der Waals surface area (Å²) in [5.41, 5.74) is 5.05. The van der Waals surface area contributed by atoms with Crippen LogP contribution in [0.2, 0.25) is 0 Å². The molecule has 0 spiro atoms. The first-order valence-electron chi connectivity index (χ1n) is 4.75. The van der Waals surface area contributed by atoms with E-state index < -0.39 is 24.1 Å². The molecule has 0 bridgehead atoms. The number of phenolic OH excluding ortho intramolecular Hbond substituents is 1. The third-order valence-electron chi connectivity index (χ3n) is 2.32. The second-order valence-corrected chi connectivity index (χ2v) is 4.47. The van der Waals surface area contributed by atoms with Crippen LogP contribution in [0.25, 0.3) is 0 Å². The van der Waals surface area contributed by atoms with Crippen molar-refractivity contribution in [3.8, 4) is 11.5 Å². The minimum absolute atomic E-state index is 0.0378. The van der Waals surface area contributed by atoms with Crippen molar-refractivity contribution in [2.45, 2.75) is 18.3 Å². The number of halogens is 4. The first-order valence-corrected chi connectivity index (χ1v) is 5.54. The fourth-order valence-electron chi connectivity index (χ4n) is 1.38. The Bertz CT molecular complexity index is 439. The van der Waals surface area contributed by atoms with Crippen molar-refractivity contribution in [3.05, 3.63) is 22.2 Å². The Kier molecular flexibility index (Phi) is 4.46. The smallest absolute Gasteiger partial charge is 0.416 e. The highest BCUT2D eigenvalue weighted by Gasteiger charge is 2.43. The third-order valence-corrected chi connectivity index (χ3v) is 2.78. The normalized spacial score (nSPS) is 15.3. The lowest BCUT2D eigenvalue weighted by Crippen LogP contribution is -2.38. The number of alkyl halides is 3. The van der Waals surface area contributed by atoms with Crippen LogP contribution >= 0.6 is 15.9 Å². The number of aliphatic hydroxyl groups is 1. The largest absolute Gasteiger partial charge is 0.504 e. The topological polar surface area (TPSA) is 75.7 Å². The third kappa shape index (κ3) is 3.06. The highest BCUT2D eigenvalue weighted by Crippen LogP contribution is 2.39. The average Bonchev–Trinajstić information content (AvgIpc) is 2.28. The molecular weight excluding hydrogens is 319 g/mol. The summed E-state index contributed by atoms with van der Waals surface area (Å²) in [5, 5.41) is 18.8. The molecule has 0 heterocycles. The molecule has 8 heteroatoms. The molecule has 0 saturated heterocycles. The molecule has 2 atom stereocenters. The zero-order valence-electron chi connectivity index (χ0n) is 9.20. The lowest BCUT2D eigenvalue weighted by molar-refractivity contribution is -0.210. The van der Waals surface area contributed by atoms with E-state index in [0.29, 0.717) is 4.47 Å². The van der Waals surface area contributed by atoms with Crippen LogP contribution in [-0.2, 0) is 0 Å². The number of hydrogen-bond donors (Lipinski definition) is 3. The van der Waals surface area contributed by atoms with Crippen LogP contribution in [0.15, 0.2) is 16.6 Å². The molecule has 4 nitrogen and oxygen atoms in total. The Hall–Kier alpha value is -0.990. The quantitative estimate of drug-likeness (QED) is 0.793. The van der Waals surface area contributed by atoms with E-state index in [1.807, 2.05) is 0 Å². The van der Waals surface area contributed by atoms with Gasteiger partial charge in [0.25, 0.3) is 0 Å². The van der Waals surface area contributed by atoms with Crippen LogP contribution in [-0.4, -0.2) is 29.6 Å². The van der Waals surface area contributed by atoms with Gasteiger partial charge in [-0.2, -0.15) is 13.2 Å². The summed E-state index contributed by atoms with van der Waals surface area (Å²) in [7, 11) is 1.25. The molecule has 0 unspecified atom stereocenters. The maximum atomic E-state index is 12.3. The first kappa shape index (κ1) is 15.1. The fourth-order valence-corrected chi connectivity index (χ4v) is 1.83. The summed E-state index contributed by atoms with van der Waals surface area (Å²) in [5.74, 6) is -0.569. The van der Waals surface area contributed by atoms with Gasteiger partial charge in [0.1, 0.15) is 0 Å². The van der Waals surface area contributed by atoms with Gasteiger partial charge in [-0.15, -0.1) is 0 Å². The van der Waals surface area contributed by atoms with Crippen LogP contribution < -0.4 is 10.5 Å². The lowest BCUT2D eigenvalue weighted by atomic mass is 10.0. The minimum Gasteiger partial charge on any atom is -0.504 e. The van der Waals surface area contributed by atoms with Crippen molar-refractivity contribution in [2.24, 2.45) is 5.73 Å². The van der Waals surface area contributed by atoms with Gasteiger partial charge in [-0.1, -0.05) is 15.9 Å². The summed E-state index contributed by atoms with van der Waals surface area (Å²) in [4.78, 5) is 0. The van der Waals surface area contributed by atoms with E-state index in [9.17, 15) is 18.3 Å². The molecule has 0 fully saturated rings. The Morgan fingerprint density at radius 3 is 2.39 bits per heavy atom. The van der Waals surface area contributed by atoms with Crippen molar-refractivity contribution in [1.29, 1.82) is 0 Å². The molecule has 18 heavy (non-hydrogen) atoms. The molecule has 0 aliphatic rings. The molecular formula is C10H11BrF3NO3. The molecule has 1 aromatic carbocycles. The number of phenols is 1. The summed E-state index contributed by atoms with van der Waals surface area (Å²) in [6, 6.07) is 0.750. The minimum atomic E-state index is -4.87. The number of methoxy groups -OCH3 is 1. The summed E-state index contributed by atoms with van der Waals surface area (Å²) < 4.78 is 42.2. The van der Waals surface area contributed by atoms with Crippen molar-refractivity contribution < 1.29 is 28.1 Å². The maximum Gasteiger partial charge on any atom is 0.416 e. The molecule has 0 aliphatic carbocycles. The predicted molar refractivity (Wildman–Crippen MR) is 61.3 cm³/mol. The van der Waals surface area contributed by atoms with Crippen molar-refractivity contribution >= 4 is 15.9 Å². The summed E-state index contributed by atoms with van der Waals surface area (Å²) in [6.45, 7) is 0. The number of ether oxygens (including phenoxy) is 1. The van der Waals surface area contributed by atoms with Crippen LogP contribution in [0, 0.1) is 0 Å². The standard InChI is InChI=1S/C10H11BrF3NO3/c1-18-6-3-4(11)2-5(8(6)16)7(15)9(17)10(12,13)14/h2-3,7,9,16-17H,15H2,1H3/t7-,9-/m0/s1. The number of hydrogen-bond acceptors (Lipinski definition) is 4. The van der Waals surface area contributed by atoms with Crippen molar-refractivity contribution in [2.75, 3.05) is 7.11 Å². The van der Waals surface area contributed by atoms with Crippen molar-refractivity contribution in [1.82, 2.24) is 0 Å². The Morgan fingerprint density at radius 2 is 1.94 bits per heavy atom. The Morgan fingerprint density at radius 1 is 1.39 bits per heavy atom. The molecule has 1 aromatic rings. The molecule has 0 amide bonds. The number of nitrogens with two attached hydrogens (primary N) is 1. The second kappa shape index (κ2) is 5.33. The molecule has 0 aliphatic heterocycles. The van der Waals surface area contributed by atoms with Crippen molar-refractivity contribution in [3.63, 3.8) is 0 Å². The fraction of sp³-hybridized carbons (Fsp3) is 0.400. The summed E-state index contributed by atoms with van der Waals surface area (Å²) >= 11 is 3.05. The Labute approximate surface area is 109 Å². The van der Waals surface area contributed by atoms with Crippen LogP contribution in [0.1, 0.15) is 11.6 Å². The molecule has 4 N–H and O–H groups in total. The lowest BCUT2D eigenvalue weighted by Gasteiger charge is -2.23. The monoisotopic (exact) mass is 329 g/mol. The zero-order valence-corrected chi connectivity index (χ0v) is 10.8. The van der Waals surface area contributed by atoms with Gasteiger partial charge in [0, 0.05) is 10.0 Å². The van der Waals surface area contributed by atoms with Gasteiger partial charge in [-0.3, -0.25) is 0 Å². The van der Waals surface area contributed by atoms with Crippen LogP contribution in [0.3, 0.4) is 0 Å². The van der Waals surface area contributed by atoms with E-state index in [1.54, 1.807) is 0 Å². The van der Waals surface area contributed by atoms with Gasteiger partial charge in [0.15, 0.2) is 17.6 Å². The zero-order chi connectivity index (χ0) is 14.1. The molecule has 0 aromatic heterocycles. The van der Waals surface area contributed by atoms with E-state index >= 15 is 0 Å². The van der Waals surface area contributed by atoms with E-state index in [4.69, 9.17) is 15.6 Å². The highest BCUT2D eigenvalue weighted by atomic mass is 79.9. The highest BCUT2D eigenvalue weighted by molar-refractivity contribution is 9.10.